The third-order valence-corrected chi connectivity index (χ3v) is 6.31. The number of carbonyl (C=O) groups is 1. The Morgan fingerprint density at radius 1 is 1.17 bits per heavy atom. The molecule has 0 spiro atoms. The lowest BCUT2D eigenvalue weighted by molar-refractivity contribution is 0.111. The van der Waals surface area contributed by atoms with Crippen LogP contribution in [0.5, 0.6) is 0 Å². The van der Waals surface area contributed by atoms with Gasteiger partial charge in [0, 0.05) is 6.04 Å². The molecule has 5 nitrogen and oxygen atoms in total. The number of alkyl carbamates (subject to hydrolysis) is 1. The van der Waals surface area contributed by atoms with Crippen molar-refractivity contribution in [3.05, 3.63) is 35.4 Å². The van der Waals surface area contributed by atoms with E-state index in [2.05, 4.69) is 5.32 Å². The molecule has 0 aliphatic carbocycles. The molecule has 0 aliphatic heterocycles. The fourth-order valence-electron chi connectivity index (χ4n) is 2.06. The topological polar surface area (TPSA) is 72.5 Å². The van der Waals surface area contributed by atoms with Crippen LogP contribution in [0.1, 0.15) is 43.5 Å². The minimum Gasteiger partial charge on any atom is -0.447 e. The van der Waals surface area contributed by atoms with Crippen molar-refractivity contribution in [1.29, 1.82) is 0 Å². The van der Waals surface area contributed by atoms with Crippen LogP contribution in [0.4, 0.5) is 4.79 Å². The highest BCUT2D eigenvalue weighted by molar-refractivity contribution is 7.92. The lowest BCUT2D eigenvalue weighted by atomic mass is 10.1. The van der Waals surface area contributed by atoms with Crippen molar-refractivity contribution in [3.63, 3.8) is 0 Å². The van der Waals surface area contributed by atoms with Crippen molar-refractivity contribution in [2.24, 2.45) is 5.92 Å². The smallest absolute Gasteiger partial charge is 0.407 e. The summed E-state index contributed by atoms with van der Waals surface area (Å²) in [6, 6.07) is 6.47. The third-order valence-electron chi connectivity index (χ3n) is 3.52. The minimum absolute atomic E-state index is 0.0821. The van der Waals surface area contributed by atoms with Crippen molar-refractivity contribution >= 4 is 27.5 Å². The van der Waals surface area contributed by atoms with E-state index in [0.29, 0.717) is 5.56 Å². The first-order valence-corrected chi connectivity index (χ1v) is 10.1. The van der Waals surface area contributed by atoms with Gasteiger partial charge < -0.3 is 10.1 Å². The van der Waals surface area contributed by atoms with Crippen LogP contribution in [0.15, 0.2) is 24.3 Å². The first kappa shape index (κ1) is 20.8. The number of amides is 1. The van der Waals surface area contributed by atoms with Gasteiger partial charge in [-0.3, -0.25) is 0 Å². The number of ether oxygens (including phenoxy) is 1. The number of sulfone groups is 1. The molecular weight excluding hydrogens is 350 g/mol. The SMILES string of the molecule is Cc1ccc(C(Cl)S(=O)(=O)C[C@@H](NC(=O)OC(C)C)C(C)C)cc1. The lowest BCUT2D eigenvalue weighted by Gasteiger charge is -2.24. The Morgan fingerprint density at radius 2 is 1.71 bits per heavy atom. The van der Waals surface area contributed by atoms with Gasteiger partial charge in [-0.15, -0.1) is 11.6 Å². The number of benzene rings is 1. The number of rotatable bonds is 7. The van der Waals surface area contributed by atoms with Crippen LogP contribution >= 0.6 is 11.6 Å². The summed E-state index contributed by atoms with van der Waals surface area (Å²) < 4.78 is 29.1. The normalized spacial score (nSPS) is 14.5. The van der Waals surface area contributed by atoms with Crippen molar-refractivity contribution in [3.8, 4) is 0 Å². The summed E-state index contributed by atoms with van der Waals surface area (Å²) in [5.74, 6) is -0.332. The van der Waals surface area contributed by atoms with E-state index in [0.717, 1.165) is 5.56 Å². The van der Waals surface area contributed by atoms with Gasteiger partial charge in [0.2, 0.25) is 0 Å². The maximum atomic E-state index is 12.6. The van der Waals surface area contributed by atoms with Gasteiger partial charge >= 0.3 is 6.09 Å². The number of carbonyl (C=O) groups excluding carboxylic acids is 1. The highest BCUT2D eigenvalue weighted by Gasteiger charge is 2.31. The molecule has 0 fully saturated rings. The number of aryl methyl sites for hydroxylation is 1. The van der Waals surface area contributed by atoms with Crippen LogP contribution < -0.4 is 5.32 Å². The molecule has 0 saturated carbocycles. The maximum absolute atomic E-state index is 12.6. The first-order valence-electron chi connectivity index (χ1n) is 7.92. The van der Waals surface area contributed by atoms with Gasteiger partial charge in [-0.2, -0.15) is 0 Å². The molecule has 0 aromatic heterocycles. The van der Waals surface area contributed by atoms with Crippen LogP contribution in [0, 0.1) is 12.8 Å². The molecule has 1 N–H and O–H groups in total. The molecule has 0 aliphatic rings. The van der Waals surface area contributed by atoms with Gasteiger partial charge in [0.05, 0.1) is 11.9 Å². The summed E-state index contributed by atoms with van der Waals surface area (Å²) in [5.41, 5.74) is 1.55. The molecule has 2 atom stereocenters. The maximum Gasteiger partial charge on any atom is 0.407 e. The molecule has 0 radical (unpaired) electrons. The number of nitrogens with one attached hydrogen (secondary N) is 1. The Balaban J connectivity index is 2.87. The molecule has 24 heavy (non-hydrogen) atoms. The monoisotopic (exact) mass is 375 g/mol. The summed E-state index contributed by atoms with van der Waals surface area (Å²) in [5, 5.41) is 2.62. The summed E-state index contributed by atoms with van der Waals surface area (Å²) in [4.78, 5) is 11.8. The molecule has 1 aromatic carbocycles. The van der Waals surface area contributed by atoms with Crippen molar-refractivity contribution in [1.82, 2.24) is 5.32 Å². The first-order chi connectivity index (χ1) is 11.0. The zero-order chi connectivity index (χ0) is 18.5. The van der Waals surface area contributed by atoms with Crippen LogP contribution in [0.2, 0.25) is 0 Å². The molecule has 0 saturated heterocycles. The van der Waals surface area contributed by atoms with Crippen molar-refractivity contribution in [2.45, 2.75) is 51.5 Å². The second kappa shape index (κ2) is 8.72. The molecule has 1 unspecified atom stereocenters. The second-order valence-corrected chi connectivity index (χ2v) is 9.33. The quantitative estimate of drug-likeness (QED) is 0.735. The zero-order valence-electron chi connectivity index (χ0n) is 14.7. The van der Waals surface area contributed by atoms with Crippen LogP contribution in [0.25, 0.3) is 0 Å². The number of alkyl halides is 1. The number of hydrogen-bond acceptors (Lipinski definition) is 4. The molecule has 136 valence electrons. The van der Waals surface area contributed by atoms with Gasteiger partial charge in [-0.25, -0.2) is 13.2 Å². The van der Waals surface area contributed by atoms with Gasteiger partial charge in [0.1, 0.15) is 0 Å². The average Bonchev–Trinajstić information content (AvgIpc) is 2.45. The van der Waals surface area contributed by atoms with Crippen LogP contribution in [-0.4, -0.2) is 32.4 Å². The fourth-order valence-corrected chi connectivity index (χ4v) is 4.13. The van der Waals surface area contributed by atoms with E-state index in [1.807, 2.05) is 32.9 Å². The molecule has 1 amide bonds. The van der Waals surface area contributed by atoms with E-state index in [-0.39, 0.29) is 17.8 Å². The molecular formula is C17H26ClNO4S. The van der Waals surface area contributed by atoms with Crippen molar-refractivity contribution < 1.29 is 17.9 Å². The van der Waals surface area contributed by atoms with Gasteiger partial charge in [0.15, 0.2) is 14.5 Å². The van der Waals surface area contributed by atoms with E-state index in [9.17, 15) is 13.2 Å². The summed E-state index contributed by atoms with van der Waals surface area (Å²) in [6.07, 6.45) is -0.900. The number of hydrogen-bond donors (Lipinski definition) is 1. The van der Waals surface area contributed by atoms with Gasteiger partial charge in [0.25, 0.3) is 0 Å². The zero-order valence-corrected chi connectivity index (χ0v) is 16.3. The van der Waals surface area contributed by atoms with E-state index in [4.69, 9.17) is 16.3 Å². The standard InChI is InChI=1S/C17H26ClNO4S/c1-11(2)15(19-17(20)23-12(3)4)10-24(21,22)16(18)14-8-6-13(5)7-9-14/h6-9,11-12,15-16H,10H2,1-5H3,(H,19,20)/t15-,16?/m1/s1. The van der Waals surface area contributed by atoms with Crippen molar-refractivity contribution in [2.75, 3.05) is 5.75 Å². The largest absolute Gasteiger partial charge is 0.447 e. The average molecular weight is 376 g/mol. The Hall–Kier alpha value is -1.27. The van der Waals surface area contributed by atoms with Crippen LogP contribution in [0.3, 0.4) is 0 Å². The Kier molecular flexibility index (Phi) is 7.55. The number of halogens is 1. The summed E-state index contributed by atoms with van der Waals surface area (Å²) in [7, 11) is -3.65. The lowest BCUT2D eigenvalue weighted by Crippen LogP contribution is -2.44. The minimum atomic E-state index is -3.65. The van der Waals surface area contributed by atoms with Crippen LogP contribution in [-0.2, 0) is 14.6 Å². The Labute approximate surface area is 149 Å². The predicted molar refractivity (Wildman–Crippen MR) is 96.9 cm³/mol. The Morgan fingerprint density at radius 3 is 2.17 bits per heavy atom. The van der Waals surface area contributed by atoms with E-state index in [1.54, 1.807) is 26.0 Å². The van der Waals surface area contributed by atoms with E-state index in [1.165, 1.54) is 0 Å². The molecule has 0 bridgehead atoms. The highest BCUT2D eigenvalue weighted by Crippen LogP contribution is 2.28. The highest BCUT2D eigenvalue weighted by atomic mass is 35.5. The molecule has 0 heterocycles. The third kappa shape index (κ3) is 6.32. The second-order valence-electron chi connectivity index (χ2n) is 6.51. The predicted octanol–water partition coefficient (Wildman–Crippen LogP) is 3.81. The summed E-state index contributed by atoms with van der Waals surface area (Å²) in [6.45, 7) is 9.05. The van der Waals surface area contributed by atoms with Gasteiger partial charge in [-0.05, 0) is 32.3 Å². The molecule has 7 heteroatoms. The summed E-state index contributed by atoms with van der Waals surface area (Å²) >= 11 is 6.19. The van der Waals surface area contributed by atoms with E-state index >= 15 is 0 Å². The molecule has 1 rings (SSSR count). The van der Waals surface area contributed by atoms with E-state index < -0.39 is 26.7 Å². The van der Waals surface area contributed by atoms with Gasteiger partial charge in [-0.1, -0.05) is 43.7 Å². The molecule has 1 aromatic rings. The fraction of sp³-hybridized carbons (Fsp3) is 0.588. The Bertz CT molecular complexity index is 641.